The van der Waals surface area contributed by atoms with E-state index in [0.717, 1.165) is 0 Å². The number of hydrogen-bond acceptors (Lipinski definition) is 4. The standard InChI is InChI=1S/C6H5IN2O3/c1-12-5-3-8-6(9(10)11)2-4(5)7/h2-3H,1H3. The Morgan fingerprint density at radius 1 is 1.75 bits per heavy atom. The highest BCUT2D eigenvalue weighted by Gasteiger charge is 2.10. The molecule has 0 amide bonds. The van der Waals surface area contributed by atoms with E-state index in [-0.39, 0.29) is 5.82 Å². The molecule has 0 fully saturated rings. The predicted molar refractivity (Wildman–Crippen MR) is 50.2 cm³/mol. The Kier molecular flexibility index (Phi) is 2.79. The summed E-state index contributed by atoms with van der Waals surface area (Å²) >= 11 is 1.95. The first-order valence-corrected chi connectivity index (χ1v) is 4.07. The first-order valence-electron chi connectivity index (χ1n) is 2.99. The van der Waals surface area contributed by atoms with Crippen molar-refractivity contribution >= 4 is 28.4 Å². The number of methoxy groups -OCH3 is 1. The summed E-state index contributed by atoms with van der Waals surface area (Å²) in [5.41, 5.74) is 0. The van der Waals surface area contributed by atoms with Crippen LogP contribution in [-0.2, 0) is 0 Å². The molecule has 0 aliphatic heterocycles. The first-order chi connectivity index (χ1) is 5.65. The van der Waals surface area contributed by atoms with Crippen molar-refractivity contribution in [2.75, 3.05) is 7.11 Å². The summed E-state index contributed by atoms with van der Waals surface area (Å²) in [5, 5.41) is 10.3. The Morgan fingerprint density at radius 2 is 2.42 bits per heavy atom. The van der Waals surface area contributed by atoms with Crippen LogP contribution in [0.25, 0.3) is 0 Å². The number of nitrogens with zero attached hydrogens (tertiary/aromatic N) is 2. The molecule has 1 heterocycles. The fraction of sp³-hybridized carbons (Fsp3) is 0.167. The van der Waals surface area contributed by atoms with Crippen LogP contribution in [0.1, 0.15) is 0 Å². The number of aromatic nitrogens is 1. The van der Waals surface area contributed by atoms with Gasteiger partial charge >= 0.3 is 5.82 Å². The second-order valence-corrected chi connectivity index (χ2v) is 3.10. The van der Waals surface area contributed by atoms with Crippen molar-refractivity contribution < 1.29 is 9.66 Å². The molecule has 0 bridgehead atoms. The molecule has 1 aromatic heterocycles. The van der Waals surface area contributed by atoms with Crippen LogP contribution < -0.4 is 4.74 Å². The average molecular weight is 280 g/mol. The number of rotatable bonds is 2. The van der Waals surface area contributed by atoms with Crippen LogP contribution in [0.4, 0.5) is 5.82 Å². The monoisotopic (exact) mass is 280 g/mol. The second kappa shape index (κ2) is 3.65. The van der Waals surface area contributed by atoms with Gasteiger partial charge in [-0.15, -0.1) is 0 Å². The topological polar surface area (TPSA) is 65.3 Å². The van der Waals surface area contributed by atoms with Gasteiger partial charge in [0.15, 0.2) is 11.9 Å². The van der Waals surface area contributed by atoms with Crippen molar-refractivity contribution in [1.82, 2.24) is 4.98 Å². The minimum absolute atomic E-state index is 0.166. The van der Waals surface area contributed by atoms with Gasteiger partial charge in [-0.05, 0) is 32.5 Å². The lowest BCUT2D eigenvalue weighted by Crippen LogP contribution is -1.94. The largest absolute Gasteiger partial charge is 0.492 e. The Bertz CT molecular complexity index is 316. The molecule has 0 saturated carbocycles. The van der Waals surface area contributed by atoms with Crippen LogP contribution in [0, 0.1) is 13.7 Å². The van der Waals surface area contributed by atoms with Gasteiger partial charge in [0.25, 0.3) is 0 Å². The smallest absolute Gasteiger partial charge is 0.364 e. The Morgan fingerprint density at radius 3 is 2.83 bits per heavy atom. The molecule has 1 aromatic rings. The summed E-state index contributed by atoms with van der Waals surface area (Å²) in [5.74, 6) is 0.376. The highest BCUT2D eigenvalue weighted by Crippen LogP contribution is 2.22. The highest BCUT2D eigenvalue weighted by atomic mass is 127. The molecule has 0 aliphatic rings. The Labute approximate surface area is 82.0 Å². The fourth-order valence-corrected chi connectivity index (χ4v) is 1.30. The molecule has 0 aromatic carbocycles. The molecule has 5 nitrogen and oxygen atoms in total. The second-order valence-electron chi connectivity index (χ2n) is 1.93. The van der Waals surface area contributed by atoms with Crippen molar-refractivity contribution in [3.8, 4) is 5.75 Å². The van der Waals surface area contributed by atoms with Gasteiger partial charge in [0, 0.05) is 0 Å². The number of hydrogen-bond donors (Lipinski definition) is 0. The van der Waals surface area contributed by atoms with E-state index in [1.165, 1.54) is 19.4 Å². The summed E-state index contributed by atoms with van der Waals surface area (Å²) < 4.78 is 5.56. The zero-order valence-corrected chi connectivity index (χ0v) is 8.31. The summed E-state index contributed by atoms with van der Waals surface area (Å²) in [7, 11) is 1.49. The molecular weight excluding hydrogens is 275 g/mol. The van der Waals surface area contributed by atoms with E-state index in [1.807, 2.05) is 22.6 Å². The third-order valence-electron chi connectivity index (χ3n) is 1.21. The third kappa shape index (κ3) is 1.81. The molecule has 0 N–H and O–H groups in total. The van der Waals surface area contributed by atoms with Gasteiger partial charge in [0.1, 0.15) is 0 Å². The molecule has 1 rings (SSSR count). The van der Waals surface area contributed by atoms with Gasteiger partial charge in [-0.25, -0.2) is 0 Å². The van der Waals surface area contributed by atoms with Crippen molar-refractivity contribution in [2.24, 2.45) is 0 Å². The van der Waals surface area contributed by atoms with Gasteiger partial charge < -0.3 is 14.9 Å². The van der Waals surface area contributed by atoms with Crippen molar-refractivity contribution in [3.63, 3.8) is 0 Å². The zero-order valence-electron chi connectivity index (χ0n) is 6.15. The summed E-state index contributed by atoms with van der Waals surface area (Å²) in [4.78, 5) is 13.3. The molecule has 0 atom stereocenters. The van der Waals surface area contributed by atoms with Crippen molar-refractivity contribution in [1.29, 1.82) is 0 Å². The molecule has 0 unspecified atom stereocenters. The lowest BCUT2D eigenvalue weighted by Gasteiger charge is -1.98. The average Bonchev–Trinajstić information content (AvgIpc) is 2.04. The minimum Gasteiger partial charge on any atom is -0.492 e. The van der Waals surface area contributed by atoms with E-state index in [0.29, 0.717) is 9.32 Å². The molecule has 0 aliphatic carbocycles. The van der Waals surface area contributed by atoms with Gasteiger partial charge in [-0.1, -0.05) is 0 Å². The number of nitro groups is 1. The van der Waals surface area contributed by atoms with Gasteiger partial charge in [0.05, 0.1) is 16.7 Å². The summed E-state index contributed by atoms with van der Waals surface area (Å²) in [6.45, 7) is 0. The molecule has 0 radical (unpaired) electrons. The maximum absolute atomic E-state index is 10.3. The first kappa shape index (κ1) is 9.17. The van der Waals surface area contributed by atoms with Crippen LogP contribution in [0.2, 0.25) is 0 Å². The normalized spacial score (nSPS) is 9.50. The SMILES string of the molecule is COc1cnc([N+](=O)[O-])cc1I. The summed E-state index contributed by atoms with van der Waals surface area (Å²) in [6.07, 6.45) is 1.33. The lowest BCUT2D eigenvalue weighted by molar-refractivity contribution is -0.389. The van der Waals surface area contributed by atoms with E-state index in [4.69, 9.17) is 4.74 Å². The maximum atomic E-state index is 10.3. The van der Waals surface area contributed by atoms with Crippen LogP contribution >= 0.6 is 22.6 Å². The quantitative estimate of drug-likeness (QED) is 0.469. The van der Waals surface area contributed by atoms with Gasteiger partial charge in [-0.3, -0.25) is 0 Å². The van der Waals surface area contributed by atoms with Crippen LogP contribution in [-0.4, -0.2) is 17.0 Å². The maximum Gasteiger partial charge on any atom is 0.364 e. The number of ether oxygens (including phenoxy) is 1. The molecule has 0 spiro atoms. The number of pyridine rings is 1. The van der Waals surface area contributed by atoms with E-state index in [9.17, 15) is 10.1 Å². The molecular formula is C6H5IN2O3. The van der Waals surface area contributed by atoms with Crippen molar-refractivity contribution in [3.05, 3.63) is 25.9 Å². The molecule has 0 saturated heterocycles. The third-order valence-corrected chi connectivity index (χ3v) is 2.06. The number of halogens is 1. The van der Waals surface area contributed by atoms with Crippen LogP contribution in [0.5, 0.6) is 5.75 Å². The predicted octanol–water partition coefficient (Wildman–Crippen LogP) is 1.60. The molecule has 6 heteroatoms. The lowest BCUT2D eigenvalue weighted by atomic mass is 10.4. The Balaban J connectivity index is 3.10. The molecule has 12 heavy (non-hydrogen) atoms. The van der Waals surface area contributed by atoms with E-state index < -0.39 is 4.92 Å². The van der Waals surface area contributed by atoms with E-state index in [1.54, 1.807) is 0 Å². The minimum atomic E-state index is -0.540. The zero-order chi connectivity index (χ0) is 9.14. The summed E-state index contributed by atoms with van der Waals surface area (Å²) in [6, 6.07) is 1.36. The fourth-order valence-electron chi connectivity index (χ4n) is 0.658. The van der Waals surface area contributed by atoms with E-state index >= 15 is 0 Å². The van der Waals surface area contributed by atoms with E-state index in [2.05, 4.69) is 4.98 Å². The van der Waals surface area contributed by atoms with Crippen LogP contribution in [0.3, 0.4) is 0 Å². The highest BCUT2D eigenvalue weighted by molar-refractivity contribution is 14.1. The van der Waals surface area contributed by atoms with Gasteiger partial charge in [-0.2, -0.15) is 0 Å². The van der Waals surface area contributed by atoms with Crippen LogP contribution in [0.15, 0.2) is 12.3 Å². The molecule has 64 valence electrons. The van der Waals surface area contributed by atoms with Crippen molar-refractivity contribution in [2.45, 2.75) is 0 Å². The van der Waals surface area contributed by atoms with Gasteiger partial charge in [0.2, 0.25) is 0 Å². The Hall–Kier alpha value is -0.920.